The second kappa shape index (κ2) is 3.63. The molecule has 3 nitrogen and oxygen atoms in total. The molecule has 0 aromatic rings. The van der Waals surface area contributed by atoms with E-state index < -0.39 is 6.10 Å². The molecule has 0 bridgehead atoms. The Kier molecular flexibility index (Phi) is 3.49. The lowest BCUT2D eigenvalue weighted by Gasteiger charge is -1.90. The van der Waals surface area contributed by atoms with Gasteiger partial charge in [0.15, 0.2) is 11.2 Å². The molecule has 9 heavy (non-hydrogen) atoms. The zero-order valence-electron chi connectivity index (χ0n) is 5.29. The predicted octanol–water partition coefficient (Wildman–Crippen LogP) is 0.149. The number of thioether (sulfide) groups is 1. The van der Waals surface area contributed by atoms with Crippen molar-refractivity contribution in [1.82, 2.24) is 0 Å². The van der Waals surface area contributed by atoms with E-state index in [2.05, 4.69) is 0 Å². The molecule has 0 spiro atoms. The quantitative estimate of drug-likeness (QED) is 0.540. The molecule has 0 saturated carbocycles. The van der Waals surface area contributed by atoms with Gasteiger partial charge in [-0.15, -0.1) is 0 Å². The van der Waals surface area contributed by atoms with Crippen molar-refractivity contribution < 1.29 is 14.7 Å². The minimum absolute atomic E-state index is 0.228. The fourth-order valence-corrected chi connectivity index (χ4v) is 0.698. The highest BCUT2D eigenvalue weighted by atomic mass is 32.2. The maximum atomic E-state index is 10.2. The van der Waals surface area contributed by atoms with Crippen molar-refractivity contribution in [3.8, 4) is 0 Å². The van der Waals surface area contributed by atoms with Gasteiger partial charge in [-0.3, -0.25) is 9.59 Å². The second-order valence-electron chi connectivity index (χ2n) is 1.61. The van der Waals surface area contributed by atoms with Crippen LogP contribution in [0.3, 0.4) is 0 Å². The maximum Gasteiger partial charge on any atom is 0.386 e. The van der Waals surface area contributed by atoms with Crippen LogP contribution in [0.25, 0.3) is 0 Å². The van der Waals surface area contributed by atoms with Crippen LogP contribution in [0.1, 0.15) is 13.8 Å². The number of hydrogen-bond acceptors (Lipinski definition) is 3. The van der Waals surface area contributed by atoms with Crippen LogP contribution in [0.4, 0.5) is 0 Å². The first kappa shape index (κ1) is 8.65. The summed E-state index contributed by atoms with van der Waals surface area (Å²) in [4.78, 5) is 18.9. The van der Waals surface area contributed by atoms with Gasteiger partial charge in [-0.05, 0) is 6.92 Å². The highest BCUT2D eigenvalue weighted by Crippen LogP contribution is 2.04. The molecule has 0 radical (unpaired) electrons. The largest absolute Gasteiger partial charge is 0.386 e. The zero-order chi connectivity index (χ0) is 7.44. The third kappa shape index (κ3) is 4.17. The normalized spacial score (nSPS) is 12.8. The summed E-state index contributed by atoms with van der Waals surface area (Å²) >= 11 is 0.646. The molecule has 0 aliphatic heterocycles. The summed E-state index contributed by atoms with van der Waals surface area (Å²) < 4.78 is 0. The molecular weight excluding hydrogens is 140 g/mol. The van der Waals surface area contributed by atoms with Gasteiger partial charge in [-0.25, -0.2) is 0 Å². The molecule has 2 N–H and O–H groups in total. The summed E-state index contributed by atoms with van der Waals surface area (Å²) in [6, 6.07) is 0. The number of aliphatic hydroxyl groups excluding tert-OH is 1. The van der Waals surface area contributed by atoms with Crippen LogP contribution in [0.15, 0.2) is 0 Å². The summed E-state index contributed by atoms with van der Waals surface area (Å²) in [6.07, 6.45) is -0.932. The first-order valence-corrected chi connectivity index (χ1v) is 3.28. The standard InChI is InChI=1S/C5H8O3S/c1-3(6)5(8)9-4(2)7/h3,6H,1-2H3/p+1. The van der Waals surface area contributed by atoms with E-state index in [1.54, 1.807) is 0 Å². The Morgan fingerprint density at radius 3 is 2.33 bits per heavy atom. The molecule has 1 unspecified atom stereocenters. The fraction of sp³-hybridized carbons (Fsp3) is 0.600. The van der Waals surface area contributed by atoms with Gasteiger partial charge in [-0.2, -0.15) is 0 Å². The van der Waals surface area contributed by atoms with E-state index in [-0.39, 0.29) is 10.2 Å². The van der Waals surface area contributed by atoms with E-state index in [1.807, 2.05) is 0 Å². The van der Waals surface area contributed by atoms with E-state index in [0.717, 1.165) is 0 Å². The second-order valence-corrected chi connectivity index (χ2v) is 2.81. The van der Waals surface area contributed by atoms with Gasteiger partial charge in [0.1, 0.15) is 0 Å². The monoisotopic (exact) mass is 149 g/mol. The molecule has 0 fully saturated rings. The van der Waals surface area contributed by atoms with Crippen molar-refractivity contribution >= 4 is 22.0 Å². The Balaban J connectivity index is 3.64. The molecule has 0 aliphatic rings. The molecule has 1 atom stereocenters. The molecule has 0 saturated heterocycles. The summed E-state index contributed by atoms with van der Waals surface area (Å²) in [5.41, 5.74) is 0. The third-order valence-electron chi connectivity index (χ3n) is 0.606. The van der Waals surface area contributed by atoms with Crippen molar-refractivity contribution in [2.75, 3.05) is 0 Å². The molecule has 0 aliphatic carbocycles. The summed E-state index contributed by atoms with van der Waals surface area (Å²) in [6.45, 7) is 2.72. The number of hydrogen-bond donors (Lipinski definition) is 1. The Morgan fingerprint density at radius 2 is 2.22 bits per heavy atom. The van der Waals surface area contributed by atoms with Gasteiger partial charge in [0, 0.05) is 18.7 Å². The average Bonchev–Trinajstić information content (AvgIpc) is 1.63. The molecule has 0 rings (SSSR count). The number of aliphatic hydroxyl groups is 1. The third-order valence-corrected chi connectivity index (χ3v) is 1.44. The minimum Gasteiger partial charge on any atom is -0.379 e. The van der Waals surface area contributed by atoms with Crippen molar-refractivity contribution in [3.05, 3.63) is 0 Å². The van der Waals surface area contributed by atoms with Crippen molar-refractivity contribution in [2.45, 2.75) is 20.0 Å². The molecule has 0 heterocycles. The van der Waals surface area contributed by atoms with Crippen LogP contribution in [-0.4, -0.2) is 26.2 Å². The summed E-state index contributed by atoms with van der Waals surface area (Å²) in [7, 11) is 0. The molecule has 0 aromatic heterocycles. The van der Waals surface area contributed by atoms with Gasteiger partial charge in [-0.1, -0.05) is 0 Å². The SMILES string of the molecule is CC(=O)SC(=[OH+])C(C)O. The Bertz CT molecular complexity index is 130. The summed E-state index contributed by atoms with van der Waals surface area (Å²) in [5, 5.41) is 8.13. The van der Waals surface area contributed by atoms with Crippen LogP contribution in [0, 0.1) is 0 Å². The number of carbonyl (C=O) groups excluding carboxylic acids is 2. The van der Waals surface area contributed by atoms with Crippen molar-refractivity contribution in [3.63, 3.8) is 0 Å². The fourth-order valence-electron chi connectivity index (χ4n) is 0.233. The Morgan fingerprint density at radius 1 is 1.78 bits per heavy atom. The minimum atomic E-state index is -0.932. The smallest absolute Gasteiger partial charge is 0.379 e. The molecular formula is C5H9O3S+. The highest BCUT2D eigenvalue weighted by molar-refractivity contribution is 8.26. The maximum absolute atomic E-state index is 10.2. The van der Waals surface area contributed by atoms with E-state index >= 15 is 0 Å². The highest BCUT2D eigenvalue weighted by Gasteiger charge is 2.18. The van der Waals surface area contributed by atoms with Gasteiger partial charge in [0.05, 0.1) is 0 Å². The lowest BCUT2D eigenvalue weighted by molar-refractivity contribution is -0.109. The van der Waals surface area contributed by atoms with E-state index in [0.29, 0.717) is 11.8 Å². The Labute approximate surface area is 57.4 Å². The zero-order valence-corrected chi connectivity index (χ0v) is 6.10. The van der Waals surface area contributed by atoms with Crippen molar-refractivity contribution in [2.24, 2.45) is 0 Å². The average molecular weight is 149 g/mol. The molecule has 52 valence electrons. The number of rotatable bonds is 1. The van der Waals surface area contributed by atoms with E-state index in [4.69, 9.17) is 9.90 Å². The van der Waals surface area contributed by atoms with Crippen LogP contribution in [0.5, 0.6) is 0 Å². The first-order chi connectivity index (χ1) is 4.04. The first-order valence-electron chi connectivity index (χ1n) is 2.46. The van der Waals surface area contributed by atoms with Gasteiger partial charge >= 0.3 is 5.12 Å². The van der Waals surface area contributed by atoms with Crippen LogP contribution < -0.4 is 0 Å². The lowest BCUT2D eigenvalue weighted by Crippen LogP contribution is -2.13. The van der Waals surface area contributed by atoms with Crippen molar-refractivity contribution in [1.29, 1.82) is 0 Å². The lowest BCUT2D eigenvalue weighted by atomic mass is 10.5. The van der Waals surface area contributed by atoms with E-state index in [1.165, 1.54) is 13.8 Å². The topological polar surface area (TPSA) is 58.7 Å². The van der Waals surface area contributed by atoms with Gasteiger partial charge < -0.3 is 5.11 Å². The van der Waals surface area contributed by atoms with Crippen LogP contribution >= 0.6 is 11.8 Å². The molecule has 4 heteroatoms. The van der Waals surface area contributed by atoms with Gasteiger partial charge in [0.2, 0.25) is 0 Å². The van der Waals surface area contributed by atoms with Crippen LogP contribution in [0.2, 0.25) is 0 Å². The van der Waals surface area contributed by atoms with Crippen LogP contribution in [-0.2, 0) is 4.79 Å². The predicted molar refractivity (Wildman–Crippen MR) is 36.9 cm³/mol. The Hall–Kier alpha value is -0.350. The summed E-state index contributed by atoms with van der Waals surface area (Å²) in [5.74, 6) is 0. The van der Waals surface area contributed by atoms with E-state index in [9.17, 15) is 4.79 Å². The van der Waals surface area contributed by atoms with Gasteiger partial charge in [0.25, 0.3) is 0 Å². The molecule has 0 amide bonds. The molecule has 0 aromatic carbocycles. The number of carbonyl (C=O) groups is 1.